The van der Waals surface area contributed by atoms with Gasteiger partial charge in [0.2, 0.25) is 11.8 Å². The average Bonchev–Trinajstić information content (AvgIpc) is 2.40. The van der Waals surface area contributed by atoms with Gasteiger partial charge < -0.3 is 10.2 Å². The van der Waals surface area contributed by atoms with E-state index in [1.807, 2.05) is 19.1 Å². The van der Waals surface area contributed by atoms with Crippen LogP contribution in [0.25, 0.3) is 0 Å². The molecule has 1 atom stereocenters. The van der Waals surface area contributed by atoms with E-state index in [1.165, 1.54) is 0 Å². The first-order chi connectivity index (χ1) is 8.96. The lowest BCUT2D eigenvalue weighted by molar-refractivity contribution is -0.156. The Bertz CT molecular complexity index is 485. The van der Waals surface area contributed by atoms with Crippen LogP contribution >= 0.6 is 0 Å². The summed E-state index contributed by atoms with van der Waals surface area (Å²) in [7, 11) is 0. The second-order valence-electron chi connectivity index (χ2n) is 5.28. The summed E-state index contributed by atoms with van der Waals surface area (Å²) in [6.45, 7) is 5.83. The largest absolute Gasteiger partial charge is 0.342 e. The first kappa shape index (κ1) is 13.5. The van der Waals surface area contributed by atoms with Gasteiger partial charge in [0.15, 0.2) is 0 Å². The highest BCUT2D eigenvalue weighted by atomic mass is 16.2. The van der Waals surface area contributed by atoms with E-state index < -0.39 is 11.6 Å². The van der Waals surface area contributed by atoms with Gasteiger partial charge in [0.25, 0.3) is 0 Å². The third-order valence-electron chi connectivity index (χ3n) is 3.57. The molecule has 0 saturated carbocycles. The van der Waals surface area contributed by atoms with Gasteiger partial charge >= 0.3 is 0 Å². The van der Waals surface area contributed by atoms with Crippen LogP contribution in [0.3, 0.4) is 0 Å². The van der Waals surface area contributed by atoms with Crippen LogP contribution in [0.5, 0.6) is 0 Å². The van der Waals surface area contributed by atoms with Gasteiger partial charge in [-0.05, 0) is 31.9 Å². The van der Waals surface area contributed by atoms with E-state index in [0.29, 0.717) is 13.0 Å². The van der Waals surface area contributed by atoms with Crippen molar-refractivity contribution in [1.29, 1.82) is 0 Å². The van der Waals surface area contributed by atoms with Crippen molar-refractivity contribution in [3.8, 4) is 0 Å². The normalized spacial score (nSPS) is 22.3. The molecule has 19 heavy (non-hydrogen) atoms. The molecule has 2 rings (SSSR count). The van der Waals surface area contributed by atoms with Crippen LogP contribution in [-0.2, 0) is 16.1 Å². The van der Waals surface area contributed by atoms with Crippen molar-refractivity contribution in [2.45, 2.75) is 45.3 Å². The van der Waals surface area contributed by atoms with E-state index in [1.54, 1.807) is 31.1 Å². The summed E-state index contributed by atoms with van der Waals surface area (Å²) < 4.78 is 0. The molecule has 5 heteroatoms. The number of aromatic nitrogens is 1. The highest BCUT2D eigenvalue weighted by molar-refractivity contribution is 5.99. The van der Waals surface area contributed by atoms with Crippen LogP contribution in [0.4, 0.5) is 0 Å². The topological polar surface area (TPSA) is 62.3 Å². The fourth-order valence-electron chi connectivity index (χ4n) is 2.21. The van der Waals surface area contributed by atoms with Gasteiger partial charge in [0.05, 0.1) is 0 Å². The number of carbonyl (C=O) groups is 2. The Hall–Kier alpha value is -1.91. The Kier molecular flexibility index (Phi) is 3.55. The van der Waals surface area contributed by atoms with Gasteiger partial charge in [0.1, 0.15) is 11.6 Å². The second kappa shape index (κ2) is 4.99. The van der Waals surface area contributed by atoms with Crippen molar-refractivity contribution in [3.05, 3.63) is 30.1 Å². The number of nitrogens with zero attached hydrogens (tertiary/aromatic N) is 2. The summed E-state index contributed by atoms with van der Waals surface area (Å²) >= 11 is 0. The Morgan fingerprint density at radius 3 is 2.74 bits per heavy atom. The fraction of sp³-hybridized carbons (Fsp3) is 0.500. The minimum atomic E-state index is -0.835. The van der Waals surface area contributed by atoms with E-state index in [9.17, 15) is 9.59 Å². The van der Waals surface area contributed by atoms with Gasteiger partial charge in [-0.15, -0.1) is 0 Å². The zero-order chi connectivity index (χ0) is 14.0. The molecule has 0 spiro atoms. The van der Waals surface area contributed by atoms with Crippen LogP contribution < -0.4 is 5.32 Å². The summed E-state index contributed by atoms with van der Waals surface area (Å²) in [6, 6.07) is 3.31. The minimum absolute atomic E-state index is 0.0315. The molecule has 1 N–H and O–H groups in total. The maximum Gasteiger partial charge on any atom is 0.246 e. The smallest absolute Gasteiger partial charge is 0.246 e. The molecule has 5 nitrogen and oxygen atoms in total. The zero-order valence-corrected chi connectivity index (χ0v) is 11.5. The molecule has 1 aromatic heterocycles. The number of hydrogen-bond acceptors (Lipinski definition) is 3. The molecule has 1 unspecified atom stereocenters. The van der Waals surface area contributed by atoms with Crippen molar-refractivity contribution in [2.75, 3.05) is 0 Å². The Labute approximate surface area is 113 Å². The lowest BCUT2D eigenvalue weighted by Crippen LogP contribution is -2.67. The zero-order valence-electron chi connectivity index (χ0n) is 11.5. The van der Waals surface area contributed by atoms with Crippen LogP contribution in [0.1, 0.15) is 32.8 Å². The van der Waals surface area contributed by atoms with Gasteiger partial charge in [-0.25, -0.2) is 0 Å². The third kappa shape index (κ3) is 2.45. The molecule has 0 aliphatic carbocycles. The van der Waals surface area contributed by atoms with Crippen molar-refractivity contribution in [1.82, 2.24) is 15.2 Å². The van der Waals surface area contributed by atoms with Crippen LogP contribution in [0.2, 0.25) is 0 Å². The van der Waals surface area contributed by atoms with E-state index in [2.05, 4.69) is 10.3 Å². The molecule has 2 heterocycles. The number of nitrogens with one attached hydrogen (secondary N) is 1. The number of pyridine rings is 1. The maximum atomic E-state index is 12.4. The van der Waals surface area contributed by atoms with Crippen LogP contribution in [0, 0.1) is 0 Å². The predicted octanol–water partition coefficient (Wildman–Crippen LogP) is 1.10. The second-order valence-corrected chi connectivity index (χ2v) is 5.28. The highest BCUT2D eigenvalue weighted by Crippen LogP contribution is 2.24. The summed E-state index contributed by atoms with van der Waals surface area (Å²) in [4.78, 5) is 30.2. The number of carbonyl (C=O) groups excluding carboxylic acids is 2. The molecule has 0 radical (unpaired) electrons. The molecule has 1 aromatic rings. The molecular weight excluding hydrogens is 242 g/mol. The summed E-state index contributed by atoms with van der Waals surface area (Å²) in [6.07, 6.45) is 4.01. The molecule has 1 aliphatic heterocycles. The van der Waals surface area contributed by atoms with E-state index in [4.69, 9.17) is 0 Å². The monoisotopic (exact) mass is 261 g/mol. The average molecular weight is 261 g/mol. The first-order valence-electron chi connectivity index (χ1n) is 6.48. The lowest BCUT2D eigenvalue weighted by Gasteiger charge is -2.44. The standard InChI is InChI=1S/C14H19N3O2/c1-4-11-12(18)17(14(2,3)13(19)16-11)9-10-6-5-7-15-8-10/h5-8,11H,4,9H2,1-3H3,(H,16,19). The first-order valence-corrected chi connectivity index (χ1v) is 6.48. The Morgan fingerprint density at radius 1 is 1.42 bits per heavy atom. The molecular formula is C14H19N3O2. The lowest BCUT2D eigenvalue weighted by atomic mass is 9.94. The number of piperazine rings is 1. The Morgan fingerprint density at radius 2 is 2.16 bits per heavy atom. The molecule has 102 valence electrons. The number of hydrogen-bond donors (Lipinski definition) is 1. The SMILES string of the molecule is CCC1NC(=O)C(C)(C)N(Cc2cccnc2)C1=O. The van der Waals surface area contributed by atoms with Crippen molar-refractivity contribution in [2.24, 2.45) is 0 Å². The summed E-state index contributed by atoms with van der Waals surface area (Å²) in [5.41, 5.74) is 0.0898. The molecule has 0 aromatic carbocycles. The van der Waals surface area contributed by atoms with Gasteiger partial charge in [-0.3, -0.25) is 14.6 Å². The molecule has 0 bridgehead atoms. The van der Waals surface area contributed by atoms with Gasteiger partial charge in [-0.1, -0.05) is 13.0 Å². The van der Waals surface area contributed by atoms with Crippen molar-refractivity contribution in [3.63, 3.8) is 0 Å². The van der Waals surface area contributed by atoms with Gasteiger partial charge in [-0.2, -0.15) is 0 Å². The number of amides is 2. The van der Waals surface area contributed by atoms with E-state index >= 15 is 0 Å². The van der Waals surface area contributed by atoms with Crippen molar-refractivity contribution >= 4 is 11.8 Å². The summed E-state index contributed by atoms with van der Waals surface area (Å²) in [5.74, 6) is -0.140. The minimum Gasteiger partial charge on any atom is -0.342 e. The quantitative estimate of drug-likeness (QED) is 0.886. The van der Waals surface area contributed by atoms with Crippen LogP contribution in [0.15, 0.2) is 24.5 Å². The van der Waals surface area contributed by atoms with Gasteiger partial charge in [0, 0.05) is 18.9 Å². The molecule has 1 aliphatic rings. The molecule has 1 saturated heterocycles. The third-order valence-corrected chi connectivity index (χ3v) is 3.57. The Balaban J connectivity index is 2.28. The fourth-order valence-corrected chi connectivity index (χ4v) is 2.21. The van der Waals surface area contributed by atoms with E-state index in [-0.39, 0.29) is 11.8 Å². The maximum absolute atomic E-state index is 12.4. The molecule has 1 fully saturated rings. The number of rotatable bonds is 3. The van der Waals surface area contributed by atoms with E-state index in [0.717, 1.165) is 5.56 Å². The highest BCUT2D eigenvalue weighted by Gasteiger charge is 2.45. The predicted molar refractivity (Wildman–Crippen MR) is 71.1 cm³/mol. The summed E-state index contributed by atoms with van der Waals surface area (Å²) in [5, 5.41) is 2.78. The van der Waals surface area contributed by atoms with Crippen molar-refractivity contribution < 1.29 is 9.59 Å². The van der Waals surface area contributed by atoms with Crippen LogP contribution in [-0.4, -0.2) is 33.3 Å². The molecule has 2 amide bonds.